The molecule has 0 unspecified atom stereocenters. The number of nitrogens with one attached hydrogen (secondary N) is 1. The number of esters is 1. The molecule has 1 saturated heterocycles. The first-order chi connectivity index (χ1) is 14.0. The summed E-state index contributed by atoms with van der Waals surface area (Å²) in [5, 5.41) is 2.94. The largest absolute Gasteiger partial charge is 0.466 e. The van der Waals surface area contributed by atoms with Crippen molar-refractivity contribution < 1.29 is 14.3 Å². The van der Waals surface area contributed by atoms with Gasteiger partial charge in [0, 0.05) is 43.0 Å². The highest BCUT2D eigenvalue weighted by atomic mass is 16.5. The monoisotopic (exact) mass is 395 g/mol. The zero-order valence-electron chi connectivity index (χ0n) is 16.5. The van der Waals surface area contributed by atoms with Crippen LogP contribution >= 0.6 is 0 Å². The normalized spacial score (nSPS) is 20.0. The van der Waals surface area contributed by atoms with Gasteiger partial charge in [0.1, 0.15) is 0 Å². The van der Waals surface area contributed by atoms with E-state index < -0.39 is 0 Å². The molecule has 2 amide bonds. The minimum Gasteiger partial charge on any atom is -0.466 e. The van der Waals surface area contributed by atoms with Crippen molar-refractivity contribution in [2.45, 2.75) is 32.2 Å². The maximum Gasteiger partial charge on any atom is 0.321 e. The van der Waals surface area contributed by atoms with Crippen LogP contribution in [0, 0.1) is 5.92 Å². The van der Waals surface area contributed by atoms with Crippen LogP contribution in [0.25, 0.3) is 0 Å². The van der Waals surface area contributed by atoms with E-state index in [1.165, 1.54) is 0 Å². The minimum atomic E-state index is -0.261. The number of hydrogen-bond donors (Lipinski definition) is 1. The van der Waals surface area contributed by atoms with Gasteiger partial charge in [-0.1, -0.05) is 18.2 Å². The Morgan fingerprint density at radius 3 is 2.66 bits per heavy atom. The van der Waals surface area contributed by atoms with Crippen LogP contribution in [0.3, 0.4) is 0 Å². The molecule has 1 N–H and O–H groups in total. The van der Waals surface area contributed by atoms with Crippen LogP contribution in [-0.2, 0) is 22.5 Å². The van der Waals surface area contributed by atoms with E-state index >= 15 is 0 Å². The van der Waals surface area contributed by atoms with Crippen LogP contribution in [0.1, 0.15) is 30.5 Å². The molecule has 1 aromatic carbocycles. The maximum absolute atomic E-state index is 12.8. The number of amides is 2. The van der Waals surface area contributed by atoms with Gasteiger partial charge < -0.3 is 19.5 Å². The average molecular weight is 395 g/mol. The second kappa shape index (κ2) is 8.11. The van der Waals surface area contributed by atoms with Crippen LogP contribution in [-0.4, -0.2) is 41.2 Å². The van der Waals surface area contributed by atoms with Crippen molar-refractivity contribution in [1.29, 1.82) is 0 Å². The van der Waals surface area contributed by atoms with E-state index in [4.69, 9.17) is 4.74 Å². The molecule has 3 heterocycles. The maximum atomic E-state index is 12.8. The third-order valence-electron chi connectivity index (χ3n) is 5.63. The van der Waals surface area contributed by atoms with Gasteiger partial charge in [0.25, 0.3) is 5.56 Å². The molecule has 1 fully saturated rings. The number of anilines is 1. The fraction of sp³-hybridized carbons (Fsp3) is 0.409. The van der Waals surface area contributed by atoms with Crippen molar-refractivity contribution in [1.82, 2.24) is 9.47 Å². The molecular weight excluding hydrogens is 370 g/mol. The van der Waals surface area contributed by atoms with E-state index in [1.54, 1.807) is 31.2 Å². The number of benzene rings is 1. The Morgan fingerprint density at radius 2 is 1.90 bits per heavy atom. The number of nitrogens with zero attached hydrogens (tertiary/aromatic N) is 2. The van der Waals surface area contributed by atoms with Gasteiger partial charge in [0.15, 0.2) is 0 Å². The molecule has 7 nitrogen and oxygen atoms in total. The van der Waals surface area contributed by atoms with Crippen molar-refractivity contribution in [3.8, 4) is 0 Å². The third kappa shape index (κ3) is 4.18. The second-order valence-electron chi connectivity index (χ2n) is 7.71. The van der Waals surface area contributed by atoms with E-state index in [-0.39, 0.29) is 29.9 Å². The van der Waals surface area contributed by atoms with Crippen LogP contribution in [0.5, 0.6) is 0 Å². The van der Waals surface area contributed by atoms with E-state index in [0.29, 0.717) is 37.8 Å². The molecule has 0 spiro atoms. The molecule has 7 heteroatoms. The highest BCUT2D eigenvalue weighted by Crippen LogP contribution is 2.35. The second-order valence-corrected chi connectivity index (χ2v) is 7.71. The standard InChI is InChI=1S/C22H25N3O4/c1-2-29-21(27)11-15-6-8-18(9-7-15)23-22(28)24-12-16-10-17(14-24)19-4-3-5-20(26)25(19)13-16/h3-9,16-17H,2,10-14H2,1H3,(H,23,28)/t16-,17+/m0/s1. The Bertz CT molecular complexity index is 967. The van der Waals surface area contributed by atoms with Crippen LogP contribution < -0.4 is 10.9 Å². The first kappa shape index (κ1) is 19.2. The summed E-state index contributed by atoms with van der Waals surface area (Å²) in [6.45, 7) is 4.06. The fourth-order valence-electron chi connectivity index (χ4n) is 4.35. The Kier molecular flexibility index (Phi) is 5.38. The molecule has 2 aliphatic heterocycles. The lowest BCUT2D eigenvalue weighted by Gasteiger charge is -2.42. The number of hydrogen-bond acceptors (Lipinski definition) is 4. The number of rotatable bonds is 4. The van der Waals surface area contributed by atoms with Crippen molar-refractivity contribution in [3.63, 3.8) is 0 Å². The lowest BCUT2D eigenvalue weighted by molar-refractivity contribution is -0.142. The molecule has 2 atom stereocenters. The van der Waals surface area contributed by atoms with E-state index in [1.807, 2.05) is 27.7 Å². The summed E-state index contributed by atoms with van der Waals surface area (Å²) in [5.74, 6) is 0.219. The number of fused-ring (bicyclic) bond motifs is 4. The van der Waals surface area contributed by atoms with Gasteiger partial charge in [-0.3, -0.25) is 9.59 Å². The summed E-state index contributed by atoms with van der Waals surface area (Å²) >= 11 is 0. The Morgan fingerprint density at radius 1 is 1.10 bits per heavy atom. The molecule has 2 aromatic rings. The summed E-state index contributed by atoms with van der Waals surface area (Å²) in [6, 6.07) is 12.5. The predicted octanol–water partition coefficient (Wildman–Crippen LogP) is 2.61. The van der Waals surface area contributed by atoms with Gasteiger partial charge in [0.2, 0.25) is 0 Å². The van der Waals surface area contributed by atoms with Crippen LogP contribution in [0.2, 0.25) is 0 Å². The molecule has 2 aliphatic rings. The highest BCUT2D eigenvalue weighted by Gasteiger charge is 2.36. The Labute approximate surface area is 169 Å². The van der Waals surface area contributed by atoms with Gasteiger partial charge >= 0.3 is 12.0 Å². The molecular formula is C22H25N3O4. The van der Waals surface area contributed by atoms with Crippen molar-refractivity contribution in [2.75, 3.05) is 25.0 Å². The summed E-state index contributed by atoms with van der Waals surface area (Å²) in [6.07, 6.45) is 1.23. The fourth-order valence-corrected chi connectivity index (χ4v) is 4.35. The van der Waals surface area contributed by atoms with Gasteiger partial charge in [-0.25, -0.2) is 4.79 Å². The number of pyridine rings is 1. The zero-order chi connectivity index (χ0) is 20.4. The number of aromatic nitrogens is 1. The van der Waals surface area contributed by atoms with E-state index in [2.05, 4.69) is 5.32 Å². The van der Waals surface area contributed by atoms with Gasteiger partial charge in [-0.05, 0) is 43.0 Å². The summed E-state index contributed by atoms with van der Waals surface area (Å²) < 4.78 is 6.81. The van der Waals surface area contributed by atoms with Gasteiger partial charge in [0.05, 0.1) is 13.0 Å². The summed E-state index contributed by atoms with van der Waals surface area (Å²) in [7, 11) is 0. The first-order valence-electron chi connectivity index (χ1n) is 10.0. The quantitative estimate of drug-likeness (QED) is 0.807. The van der Waals surface area contributed by atoms with Gasteiger partial charge in [-0.15, -0.1) is 0 Å². The molecule has 152 valence electrons. The highest BCUT2D eigenvalue weighted by molar-refractivity contribution is 5.89. The lowest BCUT2D eigenvalue weighted by atomic mass is 9.83. The zero-order valence-corrected chi connectivity index (χ0v) is 16.5. The smallest absolute Gasteiger partial charge is 0.321 e. The number of carbonyl (C=O) groups is 2. The number of urea groups is 1. The van der Waals surface area contributed by atoms with Crippen molar-refractivity contribution >= 4 is 17.7 Å². The Hall–Kier alpha value is -3.09. The predicted molar refractivity (Wildman–Crippen MR) is 109 cm³/mol. The number of carbonyl (C=O) groups excluding carboxylic acids is 2. The van der Waals surface area contributed by atoms with Crippen LogP contribution in [0.15, 0.2) is 47.3 Å². The summed E-state index contributed by atoms with van der Waals surface area (Å²) in [4.78, 5) is 38.3. The van der Waals surface area contributed by atoms with Crippen molar-refractivity contribution in [2.24, 2.45) is 5.92 Å². The first-order valence-corrected chi connectivity index (χ1v) is 10.0. The molecule has 0 radical (unpaired) electrons. The molecule has 1 aromatic heterocycles. The van der Waals surface area contributed by atoms with E-state index in [0.717, 1.165) is 17.7 Å². The lowest BCUT2D eigenvalue weighted by Crippen LogP contribution is -2.50. The summed E-state index contributed by atoms with van der Waals surface area (Å²) in [5.41, 5.74) is 2.60. The third-order valence-corrected chi connectivity index (χ3v) is 5.63. The molecule has 4 rings (SSSR count). The van der Waals surface area contributed by atoms with Crippen molar-refractivity contribution in [3.05, 3.63) is 64.1 Å². The molecule has 0 aliphatic carbocycles. The van der Waals surface area contributed by atoms with Crippen LogP contribution in [0.4, 0.5) is 10.5 Å². The number of piperidine rings is 1. The number of likely N-dealkylation sites (tertiary alicyclic amines) is 1. The van der Waals surface area contributed by atoms with E-state index in [9.17, 15) is 14.4 Å². The topological polar surface area (TPSA) is 80.6 Å². The molecule has 2 bridgehead atoms. The average Bonchev–Trinajstić information content (AvgIpc) is 2.70. The Balaban J connectivity index is 1.40. The molecule has 0 saturated carbocycles. The molecule has 29 heavy (non-hydrogen) atoms. The SMILES string of the molecule is CCOC(=O)Cc1ccc(NC(=O)N2C[C@@H]3C[C@H](C2)c2cccc(=O)n2C3)cc1. The number of ether oxygens (including phenoxy) is 1. The minimum absolute atomic E-state index is 0.0398. The van der Waals surface area contributed by atoms with Gasteiger partial charge in [-0.2, -0.15) is 0 Å².